The van der Waals surface area contributed by atoms with Gasteiger partial charge in [-0.1, -0.05) is 35.4 Å². The normalized spacial score (nSPS) is 13.1. The van der Waals surface area contributed by atoms with Gasteiger partial charge >= 0.3 is 0 Å². The Balaban J connectivity index is 2.02. The van der Waals surface area contributed by atoms with Crippen molar-refractivity contribution in [2.75, 3.05) is 91.5 Å². The Morgan fingerprint density at radius 3 is 1.00 bits per heavy atom. The van der Waals surface area contributed by atoms with Gasteiger partial charge in [0.25, 0.3) is 20.2 Å². The van der Waals surface area contributed by atoms with E-state index in [0.29, 0.717) is 0 Å². The smallest absolute Gasteiger partial charge is 0.264 e. The van der Waals surface area contributed by atoms with Gasteiger partial charge in [-0.15, -0.1) is 0 Å². The number of sulfonamides is 2. The topological polar surface area (TPSA) is 189 Å². The predicted octanol–water partition coefficient (Wildman–Crippen LogP) is 0.987. The average Bonchev–Trinajstić information content (AvgIpc) is 2.97. The molecule has 0 aliphatic rings. The molecular formula is C28H44N2O13S4. The third-order valence-corrected chi connectivity index (χ3v) is 11.3. The molecule has 0 heterocycles. The van der Waals surface area contributed by atoms with Crippen LogP contribution in [-0.4, -0.2) is 134 Å². The van der Waals surface area contributed by atoms with E-state index in [2.05, 4.69) is 8.37 Å². The average molecular weight is 745 g/mol. The van der Waals surface area contributed by atoms with Gasteiger partial charge in [0.1, 0.15) is 0 Å². The van der Waals surface area contributed by atoms with Gasteiger partial charge in [-0.3, -0.25) is 8.37 Å². The Bertz CT molecular complexity index is 1540. The SMILES string of the molecule is Cc1ccc(S(=O)(=O)N(CCOCCOS(C)(=O)=O)CCOCCN(CCOCCOS(C)(=O)=O)S(=O)(=O)c2ccc(C)cc2)cc1. The molecule has 0 N–H and O–H groups in total. The molecule has 2 rings (SSSR count). The standard InChI is InChI=1S/C28H44N2O13S4/c1-25-5-9-27(10-6-25)46(35,36)29(15-19-40-21-23-42-44(3,31)32)13-17-39-18-14-30(16-20-41-22-24-43-45(4,33)34)47(37,38)28-11-7-26(2)8-12-28/h5-12H,13-24H2,1-4H3. The molecule has 0 saturated heterocycles. The Hall–Kier alpha value is -2.04. The molecule has 0 saturated carbocycles. The van der Waals surface area contributed by atoms with E-state index in [4.69, 9.17) is 14.2 Å². The first-order chi connectivity index (χ1) is 21.9. The van der Waals surface area contributed by atoms with Crippen molar-refractivity contribution in [3.63, 3.8) is 0 Å². The van der Waals surface area contributed by atoms with Crippen LogP contribution in [0.1, 0.15) is 11.1 Å². The zero-order chi connectivity index (χ0) is 35.1. The molecule has 0 atom stereocenters. The number of hydrogen-bond donors (Lipinski definition) is 0. The van der Waals surface area contributed by atoms with Gasteiger partial charge in [-0.2, -0.15) is 25.4 Å². The second-order valence-corrected chi connectivity index (χ2v) is 17.5. The van der Waals surface area contributed by atoms with Crippen LogP contribution in [0.15, 0.2) is 58.3 Å². The van der Waals surface area contributed by atoms with E-state index in [1.165, 1.54) is 32.9 Å². The van der Waals surface area contributed by atoms with Gasteiger partial charge in [-0.25, -0.2) is 16.8 Å². The summed E-state index contributed by atoms with van der Waals surface area (Å²) in [6.45, 7) is 2.59. The van der Waals surface area contributed by atoms with Crippen molar-refractivity contribution in [2.24, 2.45) is 0 Å². The summed E-state index contributed by atoms with van der Waals surface area (Å²) >= 11 is 0. The van der Waals surface area contributed by atoms with Crippen molar-refractivity contribution >= 4 is 40.3 Å². The molecule has 0 aliphatic heterocycles. The van der Waals surface area contributed by atoms with Crippen LogP contribution < -0.4 is 0 Å². The van der Waals surface area contributed by atoms with Gasteiger partial charge in [0.05, 0.1) is 75.2 Å². The summed E-state index contributed by atoms with van der Waals surface area (Å²) in [5, 5.41) is 0. The lowest BCUT2D eigenvalue weighted by atomic mass is 10.2. The molecule has 0 unspecified atom stereocenters. The fourth-order valence-electron chi connectivity index (χ4n) is 3.88. The first kappa shape index (κ1) is 41.1. The van der Waals surface area contributed by atoms with Crippen molar-refractivity contribution < 1.29 is 56.2 Å². The second-order valence-electron chi connectivity index (χ2n) is 10.3. The summed E-state index contributed by atoms with van der Waals surface area (Å²) in [7, 11) is -15.2. The van der Waals surface area contributed by atoms with E-state index >= 15 is 0 Å². The third-order valence-electron chi connectivity index (χ3n) is 6.31. The van der Waals surface area contributed by atoms with E-state index in [-0.39, 0.29) is 88.8 Å². The molecule has 2 aromatic carbocycles. The predicted molar refractivity (Wildman–Crippen MR) is 174 cm³/mol. The van der Waals surface area contributed by atoms with Crippen LogP contribution in [0.5, 0.6) is 0 Å². The molecule has 0 aliphatic carbocycles. The van der Waals surface area contributed by atoms with Crippen LogP contribution in [0.3, 0.4) is 0 Å². The number of rotatable bonds is 24. The summed E-state index contributed by atoms with van der Waals surface area (Å²) in [6, 6.07) is 12.6. The van der Waals surface area contributed by atoms with E-state index in [9.17, 15) is 33.7 Å². The Morgan fingerprint density at radius 1 is 0.447 bits per heavy atom. The van der Waals surface area contributed by atoms with Gasteiger partial charge in [0.15, 0.2) is 0 Å². The van der Waals surface area contributed by atoms with Crippen molar-refractivity contribution in [3.8, 4) is 0 Å². The summed E-state index contributed by atoms with van der Waals surface area (Å²) in [5.41, 5.74) is 1.76. The van der Waals surface area contributed by atoms with E-state index < -0.39 is 40.3 Å². The minimum absolute atomic E-state index is 0.0456. The third kappa shape index (κ3) is 15.8. The lowest BCUT2D eigenvalue weighted by Gasteiger charge is -2.24. The molecule has 19 heteroatoms. The van der Waals surface area contributed by atoms with Crippen molar-refractivity contribution in [3.05, 3.63) is 59.7 Å². The number of nitrogens with zero attached hydrogens (tertiary/aromatic N) is 2. The largest absolute Gasteiger partial charge is 0.379 e. The van der Waals surface area contributed by atoms with Crippen LogP contribution in [0, 0.1) is 13.8 Å². The van der Waals surface area contributed by atoms with Gasteiger partial charge < -0.3 is 14.2 Å². The fourth-order valence-corrected chi connectivity index (χ4v) is 7.44. The summed E-state index contributed by atoms with van der Waals surface area (Å²) < 4.78 is 126. The molecule has 47 heavy (non-hydrogen) atoms. The molecule has 15 nitrogen and oxygen atoms in total. The highest BCUT2D eigenvalue weighted by molar-refractivity contribution is 7.89. The van der Waals surface area contributed by atoms with Crippen molar-refractivity contribution in [2.45, 2.75) is 23.6 Å². The zero-order valence-corrected chi connectivity index (χ0v) is 30.2. The zero-order valence-electron chi connectivity index (χ0n) is 26.9. The highest BCUT2D eigenvalue weighted by Gasteiger charge is 2.26. The number of hydrogen-bond acceptors (Lipinski definition) is 13. The maximum atomic E-state index is 13.4. The molecule has 0 amide bonds. The quantitative estimate of drug-likeness (QED) is 0.109. The monoisotopic (exact) mass is 744 g/mol. The Morgan fingerprint density at radius 2 is 0.723 bits per heavy atom. The number of ether oxygens (including phenoxy) is 3. The molecule has 0 bridgehead atoms. The molecule has 0 spiro atoms. The summed E-state index contributed by atoms with van der Waals surface area (Å²) in [6.07, 6.45) is 1.82. The minimum Gasteiger partial charge on any atom is -0.379 e. The number of benzene rings is 2. The molecular weight excluding hydrogens is 701 g/mol. The van der Waals surface area contributed by atoms with Crippen LogP contribution >= 0.6 is 0 Å². The van der Waals surface area contributed by atoms with Crippen LogP contribution in [0.2, 0.25) is 0 Å². The summed E-state index contributed by atoms with van der Waals surface area (Å²) in [5.74, 6) is 0. The van der Waals surface area contributed by atoms with Crippen LogP contribution in [0.25, 0.3) is 0 Å². The molecule has 268 valence electrons. The van der Waals surface area contributed by atoms with Crippen molar-refractivity contribution in [1.29, 1.82) is 0 Å². The Kier molecular flexibility index (Phi) is 16.8. The summed E-state index contributed by atoms with van der Waals surface area (Å²) in [4.78, 5) is 0.140. The molecule has 0 radical (unpaired) electrons. The van der Waals surface area contributed by atoms with Gasteiger partial charge in [-0.05, 0) is 38.1 Å². The van der Waals surface area contributed by atoms with Crippen LogP contribution in [-0.2, 0) is 62.9 Å². The van der Waals surface area contributed by atoms with Gasteiger partial charge in [0, 0.05) is 26.2 Å². The molecule has 2 aromatic rings. The van der Waals surface area contributed by atoms with Crippen molar-refractivity contribution in [1.82, 2.24) is 8.61 Å². The van der Waals surface area contributed by atoms with Gasteiger partial charge in [0.2, 0.25) is 20.0 Å². The lowest BCUT2D eigenvalue weighted by Crippen LogP contribution is -2.38. The molecule has 0 aromatic heterocycles. The first-order valence-electron chi connectivity index (χ1n) is 14.5. The van der Waals surface area contributed by atoms with Crippen LogP contribution in [0.4, 0.5) is 0 Å². The second kappa shape index (κ2) is 19.2. The maximum Gasteiger partial charge on any atom is 0.264 e. The minimum atomic E-state index is -3.95. The van der Waals surface area contributed by atoms with E-state index in [1.807, 2.05) is 13.8 Å². The highest BCUT2D eigenvalue weighted by atomic mass is 32.2. The van der Waals surface area contributed by atoms with E-state index in [0.717, 1.165) is 23.6 Å². The number of aryl methyl sites for hydroxylation is 2. The van der Waals surface area contributed by atoms with E-state index in [1.54, 1.807) is 24.3 Å². The lowest BCUT2D eigenvalue weighted by molar-refractivity contribution is 0.0753. The highest BCUT2D eigenvalue weighted by Crippen LogP contribution is 2.18. The first-order valence-corrected chi connectivity index (χ1v) is 21.0. The molecule has 0 fully saturated rings. The fraction of sp³-hybridized carbons (Fsp3) is 0.571. The maximum absolute atomic E-state index is 13.4. The Labute approximate surface area is 279 Å².